The molecule has 54 heavy (non-hydrogen) atoms. The van der Waals surface area contributed by atoms with Crippen molar-refractivity contribution in [1.82, 2.24) is 19.8 Å². The van der Waals surface area contributed by atoms with E-state index in [0.717, 1.165) is 50.1 Å². The summed E-state index contributed by atoms with van der Waals surface area (Å²) in [5.41, 5.74) is 6.35. The molecule has 2 saturated heterocycles. The van der Waals surface area contributed by atoms with Crippen LogP contribution in [0.2, 0.25) is 0 Å². The Balaban J connectivity index is 1.15. The van der Waals surface area contributed by atoms with Gasteiger partial charge in [0, 0.05) is 60.6 Å². The third-order valence-corrected chi connectivity index (χ3v) is 10.1. The van der Waals surface area contributed by atoms with E-state index in [-0.39, 0.29) is 28.4 Å². The van der Waals surface area contributed by atoms with E-state index in [2.05, 4.69) is 29.7 Å². The van der Waals surface area contributed by atoms with Crippen LogP contribution in [0.4, 0.5) is 17.6 Å². The second-order valence-corrected chi connectivity index (χ2v) is 14.8. The van der Waals surface area contributed by atoms with Crippen LogP contribution in [0.1, 0.15) is 48.9 Å². The summed E-state index contributed by atoms with van der Waals surface area (Å²) in [6.07, 6.45) is 2.11. The smallest absolute Gasteiger partial charge is 0.387 e. The first-order chi connectivity index (χ1) is 25.9. The van der Waals surface area contributed by atoms with Gasteiger partial charge in [-0.15, -0.1) is 0 Å². The third kappa shape index (κ3) is 6.99. The molecule has 9 nitrogen and oxygen atoms in total. The second-order valence-electron chi connectivity index (χ2n) is 14.8. The number of halogens is 4. The van der Waals surface area contributed by atoms with Crippen LogP contribution in [0.3, 0.4) is 0 Å². The number of nitriles is 1. The molecular formula is C41H37F4N5O4. The number of benzene rings is 4. The second kappa shape index (κ2) is 14.1. The fourth-order valence-corrected chi connectivity index (χ4v) is 7.82. The Morgan fingerprint density at radius 1 is 0.741 bits per heavy atom. The quantitative estimate of drug-likeness (QED) is 0.120. The molecule has 0 bridgehead atoms. The van der Waals surface area contributed by atoms with Gasteiger partial charge in [0.15, 0.2) is 11.2 Å². The number of ether oxygens (including phenoxy) is 2. The van der Waals surface area contributed by atoms with Gasteiger partial charge in [-0.25, -0.2) is 9.97 Å². The molecule has 2 fully saturated rings. The fourth-order valence-electron chi connectivity index (χ4n) is 7.82. The number of alkyl halides is 4. The topological polar surface area (TPSA) is 101 Å². The van der Waals surface area contributed by atoms with E-state index in [4.69, 9.17) is 28.3 Å². The van der Waals surface area contributed by atoms with Crippen molar-refractivity contribution < 1.29 is 35.9 Å². The summed E-state index contributed by atoms with van der Waals surface area (Å²) in [5.74, 6) is 0.527. The number of nitrogens with zero attached hydrogens (tertiary/aromatic N) is 5. The van der Waals surface area contributed by atoms with Crippen LogP contribution in [-0.4, -0.2) is 59.2 Å². The van der Waals surface area contributed by atoms with Crippen molar-refractivity contribution in [2.45, 2.75) is 59.9 Å². The highest BCUT2D eigenvalue weighted by Crippen LogP contribution is 2.40. The van der Waals surface area contributed by atoms with Crippen molar-refractivity contribution >= 4 is 22.2 Å². The van der Waals surface area contributed by atoms with Crippen molar-refractivity contribution in [2.75, 3.05) is 26.2 Å². The minimum atomic E-state index is -3.01. The minimum Gasteiger partial charge on any atom is -0.436 e. The van der Waals surface area contributed by atoms with Gasteiger partial charge in [-0.1, -0.05) is 38.1 Å². The summed E-state index contributed by atoms with van der Waals surface area (Å²) < 4.78 is 75.7. The third-order valence-electron chi connectivity index (χ3n) is 10.1. The number of fused-ring (bicyclic) bond motifs is 2. The summed E-state index contributed by atoms with van der Waals surface area (Å²) in [7, 11) is 0. The first kappa shape index (κ1) is 35.6. The first-order valence-corrected chi connectivity index (χ1v) is 17.8. The van der Waals surface area contributed by atoms with Crippen molar-refractivity contribution in [3.05, 3.63) is 82.9 Å². The Bertz CT molecular complexity index is 2400. The van der Waals surface area contributed by atoms with Gasteiger partial charge in [0.1, 0.15) is 28.6 Å². The fraction of sp³-hybridized carbons (Fsp3) is 0.341. The van der Waals surface area contributed by atoms with Crippen molar-refractivity contribution in [3.8, 4) is 51.6 Å². The number of likely N-dealkylation sites (tertiary alicyclic amines) is 2. The SMILES string of the molecule is Cc1c(-c2nc3cc(CN4CCCC4)c(OC(F)F)cc3o2)cccc1-c1cccc(-c2nc3cc(CN4CC(C)(C)C4)c(OC(F)F)cc3o2)c1C#N. The van der Waals surface area contributed by atoms with Crippen LogP contribution in [0.5, 0.6) is 11.5 Å². The van der Waals surface area contributed by atoms with Gasteiger partial charge >= 0.3 is 13.2 Å². The molecule has 0 amide bonds. The number of rotatable bonds is 11. The van der Waals surface area contributed by atoms with Crippen LogP contribution < -0.4 is 9.47 Å². The van der Waals surface area contributed by atoms with Gasteiger partial charge in [0.05, 0.1) is 11.1 Å². The minimum absolute atomic E-state index is 0.0198. The summed E-state index contributed by atoms with van der Waals surface area (Å²) in [6.45, 7) is 4.50. The Morgan fingerprint density at radius 3 is 1.78 bits per heavy atom. The van der Waals surface area contributed by atoms with E-state index >= 15 is 0 Å². The van der Waals surface area contributed by atoms with Gasteiger partial charge in [0.25, 0.3) is 0 Å². The lowest BCUT2D eigenvalue weighted by molar-refractivity contribution is -0.0519. The Labute approximate surface area is 308 Å². The Kier molecular flexibility index (Phi) is 9.27. The molecule has 2 aliphatic rings. The molecule has 13 heteroatoms. The van der Waals surface area contributed by atoms with E-state index < -0.39 is 13.2 Å². The summed E-state index contributed by atoms with van der Waals surface area (Å²) in [4.78, 5) is 13.8. The summed E-state index contributed by atoms with van der Waals surface area (Å²) in [5, 5.41) is 10.5. The zero-order chi connectivity index (χ0) is 37.7. The van der Waals surface area contributed by atoms with E-state index in [0.29, 0.717) is 69.0 Å². The highest BCUT2D eigenvalue weighted by molar-refractivity contribution is 5.87. The average Bonchev–Trinajstić information content (AvgIpc) is 3.87. The average molecular weight is 740 g/mol. The number of aromatic nitrogens is 2. The molecule has 0 spiro atoms. The van der Waals surface area contributed by atoms with Gasteiger partial charge in [-0.3, -0.25) is 9.80 Å². The molecule has 2 aromatic heterocycles. The van der Waals surface area contributed by atoms with E-state index in [1.165, 1.54) is 12.1 Å². The largest absolute Gasteiger partial charge is 0.436 e. The van der Waals surface area contributed by atoms with Crippen molar-refractivity contribution in [3.63, 3.8) is 0 Å². The molecule has 4 heterocycles. The van der Waals surface area contributed by atoms with E-state index in [9.17, 15) is 22.8 Å². The number of hydrogen-bond acceptors (Lipinski definition) is 9. The van der Waals surface area contributed by atoms with E-state index in [1.807, 2.05) is 31.2 Å². The molecule has 0 unspecified atom stereocenters. The lowest BCUT2D eigenvalue weighted by atomic mass is 9.84. The Morgan fingerprint density at radius 2 is 1.24 bits per heavy atom. The maximum Gasteiger partial charge on any atom is 0.387 e. The molecule has 4 aromatic carbocycles. The molecule has 2 aliphatic heterocycles. The predicted molar refractivity (Wildman–Crippen MR) is 194 cm³/mol. The maximum atomic E-state index is 13.4. The normalized spacial score (nSPS) is 16.1. The molecule has 0 atom stereocenters. The highest BCUT2D eigenvalue weighted by Gasteiger charge is 2.34. The monoisotopic (exact) mass is 739 g/mol. The van der Waals surface area contributed by atoms with Gasteiger partial charge in [0.2, 0.25) is 11.8 Å². The molecule has 8 rings (SSSR count). The van der Waals surface area contributed by atoms with Crippen LogP contribution >= 0.6 is 0 Å². The molecule has 6 aromatic rings. The molecular weight excluding hydrogens is 702 g/mol. The summed E-state index contributed by atoms with van der Waals surface area (Å²) >= 11 is 0. The van der Waals surface area contributed by atoms with Crippen LogP contribution in [0.25, 0.3) is 56.2 Å². The van der Waals surface area contributed by atoms with E-state index in [1.54, 1.807) is 24.3 Å². The lowest BCUT2D eigenvalue weighted by Gasteiger charge is -2.46. The maximum absolute atomic E-state index is 13.4. The van der Waals surface area contributed by atoms with Crippen LogP contribution in [-0.2, 0) is 13.1 Å². The molecule has 0 radical (unpaired) electrons. The van der Waals surface area contributed by atoms with Crippen molar-refractivity contribution in [2.24, 2.45) is 5.41 Å². The molecule has 0 saturated carbocycles. The predicted octanol–water partition coefficient (Wildman–Crippen LogP) is 9.79. The van der Waals surface area contributed by atoms with Gasteiger partial charge in [-0.05, 0) is 73.7 Å². The highest BCUT2D eigenvalue weighted by atomic mass is 19.3. The molecule has 0 N–H and O–H groups in total. The van der Waals surface area contributed by atoms with Crippen LogP contribution in [0.15, 0.2) is 69.5 Å². The molecule has 0 aliphatic carbocycles. The van der Waals surface area contributed by atoms with Crippen LogP contribution in [0, 0.1) is 23.7 Å². The van der Waals surface area contributed by atoms with Crippen molar-refractivity contribution in [1.29, 1.82) is 5.26 Å². The summed E-state index contributed by atoms with van der Waals surface area (Å²) in [6, 6.07) is 19.6. The number of oxazole rings is 2. The standard InChI is InChI=1S/C41H37F4N5O4/c1-23-26(8-6-9-27(23)37-47-31-14-24(19-49-12-4-5-13-49)33(53-39(42)43)16-35(31)51-37)28-10-7-11-29(30(28)18-46)38-48-32-15-25(20-50-21-41(2,3)22-50)34(54-40(44)45)17-36(32)52-38/h6-11,14-17,39-40H,4-5,12-13,19-22H2,1-3H3. The zero-order valence-electron chi connectivity index (χ0n) is 30.0. The lowest BCUT2D eigenvalue weighted by Crippen LogP contribution is -2.52. The molecule has 278 valence electrons. The Hall–Kier alpha value is -5.45. The first-order valence-electron chi connectivity index (χ1n) is 17.8. The zero-order valence-corrected chi connectivity index (χ0v) is 30.0. The number of hydrogen-bond donors (Lipinski definition) is 0. The van der Waals surface area contributed by atoms with Gasteiger partial charge < -0.3 is 18.3 Å². The van der Waals surface area contributed by atoms with Gasteiger partial charge in [-0.2, -0.15) is 22.8 Å².